The smallest absolute Gasteiger partial charge is 0.231 e. The van der Waals surface area contributed by atoms with Gasteiger partial charge in [-0.25, -0.2) is 0 Å². The van der Waals surface area contributed by atoms with Crippen LogP contribution in [0.5, 0.6) is 11.5 Å². The van der Waals surface area contributed by atoms with Gasteiger partial charge in [-0.05, 0) is 24.1 Å². The number of carbonyl (C=O) groups is 1. The molecule has 0 bridgehead atoms. The maximum atomic E-state index is 12.0. The van der Waals surface area contributed by atoms with E-state index in [2.05, 4.69) is 0 Å². The standard InChI is InChI=1S/C13H14O4/c14-11(10-3-4-15-7-10)5-9-1-2-12-13(6-9)17-8-16-12/h1-2,6,10H,3-5,7-8H2. The van der Waals surface area contributed by atoms with Crippen molar-refractivity contribution < 1.29 is 19.0 Å². The Hall–Kier alpha value is -1.55. The number of hydrogen-bond donors (Lipinski definition) is 0. The van der Waals surface area contributed by atoms with Gasteiger partial charge in [-0.1, -0.05) is 6.07 Å². The summed E-state index contributed by atoms with van der Waals surface area (Å²) in [7, 11) is 0. The number of rotatable bonds is 3. The molecule has 90 valence electrons. The van der Waals surface area contributed by atoms with E-state index in [0.29, 0.717) is 19.6 Å². The van der Waals surface area contributed by atoms with Crippen LogP contribution in [0, 0.1) is 5.92 Å². The summed E-state index contributed by atoms with van der Waals surface area (Å²) in [6, 6.07) is 5.66. The number of fused-ring (bicyclic) bond motifs is 1. The molecule has 0 aromatic heterocycles. The Bertz CT molecular complexity index is 435. The van der Waals surface area contributed by atoms with Gasteiger partial charge in [0.15, 0.2) is 11.5 Å². The Morgan fingerprint density at radius 2 is 2.18 bits per heavy atom. The van der Waals surface area contributed by atoms with Crippen molar-refractivity contribution in [1.82, 2.24) is 0 Å². The lowest BCUT2D eigenvalue weighted by atomic mass is 9.97. The molecule has 1 atom stereocenters. The van der Waals surface area contributed by atoms with E-state index in [0.717, 1.165) is 23.5 Å². The second-order valence-corrected chi connectivity index (χ2v) is 4.39. The van der Waals surface area contributed by atoms with Crippen LogP contribution in [-0.2, 0) is 16.0 Å². The summed E-state index contributed by atoms with van der Waals surface area (Å²) in [6.45, 7) is 1.55. The van der Waals surface area contributed by atoms with E-state index >= 15 is 0 Å². The minimum Gasteiger partial charge on any atom is -0.454 e. The summed E-state index contributed by atoms with van der Waals surface area (Å²) in [4.78, 5) is 12.0. The van der Waals surface area contributed by atoms with Crippen LogP contribution in [0.1, 0.15) is 12.0 Å². The fraction of sp³-hybridized carbons (Fsp3) is 0.462. The number of Topliss-reactive ketones (excluding diaryl/α,β-unsaturated/α-hetero) is 1. The number of ketones is 1. The first-order valence-electron chi connectivity index (χ1n) is 5.82. The van der Waals surface area contributed by atoms with E-state index in [9.17, 15) is 4.79 Å². The molecule has 1 aromatic rings. The molecule has 2 heterocycles. The van der Waals surface area contributed by atoms with E-state index < -0.39 is 0 Å². The lowest BCUT2D eigenvalue weighted by Gasteiger charge is -2.07. The normalized spacial score (nSPS) is 21.8. The highest BCUT2D eigenvalue weighted by molar-refractivity contribution is 5.83. The zero-order valence-corrected chi connectivity index (χ0v) is 9.48. The van der Waals surface area contributed by atoms with Gasteiger partial charge >= 0.3 is 0 Å². The van der Waals surface area contributed by atoms with Crippen LogP contribution in [0.2, 0.25) is 0 Å². The van der Waals surface area contributed by atoms with E-state index in [1.165, 1.54) is 0 Å². The maximum Gasteiger partial charge on any atom is 0.231 e. The molecule has 0 aliphatic carbocycles. The molecule has 0 radical (unpaired) electrons. The Morgan fingerprint density at radius 3 is 3.00 bits per heavy atom. The van der Waals surface area contributed by atoms with Crippen LogP contribution in [-0.4, -0.2) is 25.8 Å². The zero-order chi connectivity index (χ0) is 11.7. The van der Waals surface area contributed by atoms with Crippen molar-refractivity contribution >= 4 is 5.78 Å². The fourth-order valence-electron chi connectivity index (χ4n) is 2.18. The predicted molar refractivity (Wildman–Crippen MR) is 60.2 cm³/mol. The molecule has 1 fully saturated rings. The van der Waals surface area contributed by atoms with E-state index in [4.69, 9.17) is 14.2 Å². The van der Waals surface area contributed by atoms with Crippen molar-refractivity contribution in [2.24, 2.45) is 5.92 Å². The van der Waals surface area contributed by atoms with Gasteiger partial charge in [0.25, 0.3) is 0 Å². The highest BCUT2D eigenvalue weighted by Gasteiger charge is 2.24. The lowest BCUT2D eigenvalue weighted by Crippen LogP contribution is -2.16. The molecule has 4 nitrogen and oxygen atoms in total. The largest absolute Gasteiger partial charge is 0.454 e. The summed E-state index contributed by atoms with van der Waals surface area (Å²) in [5.41, 5.74) is 0.978. The summed E-state index contributed by atoms with van der Waals surface area (Å²) in [6.07, 6.45) is 1.30. The predicted octanol–water partition coefficient (Wildman–Crippen LogP) is 1.56. The molecule has 2 aliphatic heterocycles. The quantitative estimate of drug-likeness (QED) is 0.796. The van der Waals surface area contributed by atoms with Crippen molar-refractivity contribution in [3.8, 4) is 11.5 Å². The van der Waals surface area contributed by atoms with E-state index in [1.54, 1.807) is 0 Å². The SMILES string of the molecule is O=C(Cc1ccc2c(c1)OCO2)C1CCOC1. The zero-order valence-electron chi connectivity index (χ0n) is 9.48. The molecule has 0 N–H and O–H groups in total. The first-order chi connectivity index (χ1) is 8.33. The highest BCUT2D eigenvalue weighted by atomic mass is 16.7. The van der Waals surface area contributed by atoms with Gasteiger partial charge in [0.05, 0.1) is 6.61 Å². The van der Waals surface area contributed by atoms with Gasteiger partial charge in [0.2, 0.25) is 6.79 Å². The number of ether oxygens (including phenoxy) is 3. The molecular weight excluding hydrogens is 220 g/mol. The molecule has 0 spiro atoms. The van der Waals surface area contributed by atoms with Crippen molar-refractivity contribution in [2.45, 2.75) is 12.8 Å². The Balaban J connectivity index is 1.70. The van der Waals surface area contributed by atoms with Gasteiger partial charge < -0.3 is 14.2 Å². The van der Waals surface area contributed by atoms with Gasteiger partial charge in [-0.3, -0.25) is 4.79 Å². The van der Waals surface area contributed by atoms with Crippen LogP contribution in [0.3, 0.4) is 0 Å². The van der Waals surface area contributed by atoms with Crippen molar-refractivity contribution in [2.75, 3.05) is 20.0 Å². The Labute approximate surface area is 99.5 Å². The Morgan fingerprint density at radius 1 is 1.29 bits per heavy atom. The molecule has 0 saturated carbocycles. The van der Waals surface area contributed by atoms with Gasteiger partial charge in [-0.2, -0.15) is 0 Å². The first kappa shape index (κ1) is 10.6. The number of carbonyl (C=O) groups excluding carboxylic acids is 1. The first-order valence-corrected chi connectivity index (χ1v) is 5.82. The van der Waals surface area contributed by atoms with Crippen molar-refractivity contribution in [3.63, 3.8) is 0 Å². The van der Waals surface area contributed by atoms with Crippen LogP contribution < -0.4 is 9.47 Å². The van der Waals surface area contributed by atoms with Gasteiger partial charge in [0.1, 0.15) is 5.78 Å². The summed E-state index contributed by atoms with van der Waals surface area (Å²) in [5.74, 6) is 1.81. The average Bonchev–Trinajstić information content (AvgIpc) is 2.99. The fourth-order valence-corrected chi connectivity index (χ4v) is 2.18. The molecule has 17 heavy (non-hydrogen) atoms. The highest BCUT2D eigenvalue weighted by Crippen LogP contribution is 2.32. The van der Waals surface area contributed by atoms with Crippen LogP contribution in [0.15, 0.2) is 18.2 Å². The average molecular weight is 234 g/mol. The Kier molecular flexibility index (Phi) is 2.73. The van der Waals surface area contributed by atoms with Crippen molar-refractivity contribution in [3.05, 3.63) is 23.8 Å². The maximum absolute atomic E-state index is 12.0. The summed E-state index contributed by atoms with van der Waals surface area (Å²) in [5, 5.41) is 0. The molecule has 4 heteroatoms. The van der Waals surface area contributed by atoms with Crippen molar-refractivity contribution in [1.29, 1.82) is 0 Å². The molecule has 0 amide bonds. The van der Waals surface area contributed by atoms with Crippen LogP contribution in [0.4, 0.5) is 0 Å². The minimum atomic E-state index is 0.0698. The third kappa shape index (κ3) is 2.13. The molecular formula is C13H14O4. The second-order valence-electron chi connectivity index (χ2n) is 4.39. The molecule has 2 aliphatic rings. The van der Waals surface area contributed by atoms with Crippen LogP contribution >= 0.6 is 0 Å². The van der Waals surface area contributed by atoms with Gasteiger partial charge in [-0.15, -0.1) is 0 Å². The van der Waals surface area contributed by atoms with Crippen LogP contribution in [0.25, 0.3) is 0 Å². The monoisotopic (exact) mass is 234 g/mol. The third-order valence-corrected chi connectivity index (χ3v) is 3.20. The van der Waals surface area contributed by atoms with E-state index in [1.807, 2.05) is 18.2 Å². The minimum absolute atomic E-state index is 0.0698. The third-order valence-electron chi connectivity index (χ3n) is 3.20. The lowest BCUT2D eigenvalue weighted by molar-refractivity contribution is -0.122. The summed E-state index contributed by atoms with van der Waals surface area (Å²) < 4.78 is 15.7. The molecule has 1 aromatic carbocycles. The van der Waals surface area contributed by atoms with Gasteiger partial charge in [0, 0.05) is 18.9 Å². The molecule has 1 unspecified atom stereocenters. The topological polar surface area (TPSA) is 44.8 Å². The number of benzene rings is 1. The number of hydrogen-bond acceptors (Lipinski definition) is 4. The molecule has 3 rings (SSSR count). The summed E-state index contributed by atoms with van der Waals surface area (Å²) >= 11 is 0. The second kappa shape index (κ2) is 4.37. The molecule has 1 saturated heterocycles. The van der Waals surface area contributed by atoms with E-state index in [-0.39, 0.29) is 18.5 Å².